The van der Waals surface area contributed by atoms with E-state index in [9.17, 15) is 191 Å². The number of rotatable bonds is 42. The number of phosphoric acid groups is 3. The third-order valence-electron chi connectivity index (χ3n) is 21.8. The molecule has 0 aromatic carbocycles. The average molecular weight is 1950 g/mol. The van der Waals surface area contributed by atoms with Crippen LogP contribution in [0.25, 0.3) is 0 Å². The van der Waals surface area contributed by atoms with E-state index in [-0.39, 0.29) is 0 Å². The molecular formula is C63H113N2O60P3. The van der Waals surface area contributed by atoms with Crippen molar-refractivity contribution in [2.75, 3.05) is 85.8 Å². The maximum atomic E-state index is 13.8. The average Bonchev–Trinajstić information content (AvgIpc) is 0.755. The van der Waals surface area contributed by atoms with Gasteiger partial charge in [0.15, 0.2) is 50.3 Å². The minimum absolute atomic E-state index is 0.559. The molecule has 0 saturated carbocycles. The zero-order valence-electron chi connectivity index (χ0n) is 66.4. The first kappa shape index (κ1) is 110. The molecule has 65 heteroatoms. The molecule has 9 aliphatic heterocycles. The zero-order chi connectivity index (χ0) is 95.2. The molecule has 0 aromatic rings. The molecule has 0 aliphatic carbocycles. The number of aliphatic hydroxyl groups is 30. The Hall–Kier alpha value is -2.12. The third kappa shape index (κ3) is 24.9. The molecule has 0 spiro atoms. The van der Waals surface area contributed by atoms with Crippen LogP contribution in [0.4, 0.5) is 0 Å². The van der Waals surface area contributed by atoms with Gasteiger partial charge in [0.05, 0.1) is 72.7 Å². The van der Waals surface area contributed by atoms with E-state index in [2.05, 4.69) is 8.83 Å². The van der Waals surface area contributed by atoms with Gasteiger partial charge in [-0.2, -0.15) is 4.31 Å². The van der Waals surface area contributed by atoms with E-state index < -0.39 is 416 Å². The Morgan fingerprint density at radius 1 is 0.344 bits per heavy atom. The second-order valence-electron chi connectivity index (χ2n) is 30.5. The number of nitrogens with two attached hydrogens (primary N) is 2. The summed E-state index contributed by atoms with van der Waals surface area (Å²) in [5, 5.41) is 345. The Morgan fingerprint density at radius 3 is 1.09 bits per heavy atom. The Morgan fingerprint density at radius 2 is 0.672 bits per heavy atom. The van der Waals surface area contributed by atoms with Gasteiger partial charge in [-0.3, -0.25) is 18.1 Å². The van der Waals surface area contributed by atoms with Crippen molar-refractivity contribution in [2.24, 2.45) is 11.5 Å². The summed E-state index contributed by atoms with van der Waals surface area (Å²) in [4.78, 5) is 45.2. The van der Waals surface area contributed by atoms with Crippen LogP contribution in [0.5, 0.6) is 0 Å². The number of carbonyl (C=O) groups is 1. The van der Waals surface area contributed by atoms with Crippen molar-refractivity contribution in [1.29, 1.82) is 0 Å². The van der Waals surface area contributed by atoms with E-state index in [1.165, 1.54) is 0 Å². The molecule has 0 radical (unpaired) electrons. The predicted octanol–water partition coefficient (Wildman–Crippen LogP) is -22.4. The van der Waals surface area contributed by atoms with E-state index in [1.807, 2.05) is 0 Å². The van der Waals surface area contributed by atoms with Gasteiger partial charge in [-0.15, -0.1) is 0 Å². The molecule has 750 valence electrons. The fourth-order valence-electron chi connectivity index (χ4n) is 15.1. The van der Waals surface area contributed by atoms with Crippen LogP contribution in [0, 0.1) is 0 Å². The smallest absolute Gasteiger partial charge is 0.477 e. The van der Waals surface area contributed by atoms with E-state index >= 15 is 0 Å². The first-order valence-electron chi connectivity index (χ1n) is 39.1. The Balaban J connectivity index is 1.12. The number of hydrogen-bond acceptors (Lipinski definition) is 58. The molecule has 9 heterocycles. The molecule has 9 saturated heterocycles. The van der Waals surface area contributed by atoms with Gasteiger partial charge in [0.1, 0.15) is 238 Å². The lowest BCUT2D eigenvalue weighted by atomic mass is 9.91. The SMILES string of the molecule is NCCOP(=O)(O)O[C@@H](CO)[C@H]1O[C@H](O[C@@H]2[C@H](O)[C@@H](O[C@H]3[C@@H]([C@H](O)CO)O[C@@](O)(C(=O)O)C[C@H]3OP(=O)(O)OP(=O)(O)OCCN)O[C@H]([C@@H](O)CO)[C@H]2O[C@@H]2O[C@H](CO)[C@@H](O)[C@H](O)[C@H]2O)[C@@H](O[C@H]2O[C@H]([C@@H](O)CO)[C@@H](O)[C@H](O)[C@@H]2O)[C@@H](O[C@H]2O[C@H](CO)[C@@H](O[C@@H]3O[C@H](CO)[C@@H](O[C@@H]4O[C@H](CO)[C@H](O[C@H]5O[C@H](CO)[C@H](O)[C@H](O)[C@H]5O)[C@H](O)[C@H]4O)[C@H](O)[C@H]3O)[C@H](O)[C@H]2O)[C@@H]1O. The van der Waals surface area contributed by atoms with Crippen molar-refractivity contribution < 1.29 is 294 Å². The summed E-state index contributed by atoms with van der Waals surface area (Å²) in [6.45, 7) is -15.2. The Bertz CT molecular complexity index is 3530. The fourth-order valence-corrected chi connectivity index (χ4v) is 18.3. The van der Waals surface area contributed by atoms with Crippen LogP contribution in [-0.4, -0.2) is 559 Å². The number of ether oxygens (including phenoxy) is 17. The number of aliphatic carboxylic acids is 1. The van der Waals surface area contributed by atoms with Gasteiger partial charge < -0.3 is 265 Å². The van der Waals surface area contributed by atoms with Crippen LogP contribution >= 0.6 is 23.5 Å². The van der Waals surface area contributed by atoms with Gasteiger partial charge in [0.2, 0.25) is 0 Å². The van der Waals surface area contributed by atoms with E-state index in [1.54, 1.807) is 0 Å². The summed E-state index contributed by atoms with van der Waals surface area (Å²) in [5.41, 5.74) is 10.8. The van der Waals surface area contributed by atoms with Gasteiger partial charge >= 0.3 is 29.4 Å². The lowest BCUT2D eigenvalue weighted by Gasteiger charge is -2.53. The Labute approximate surface area is 719 Å². The van der Waals surface area contributed by atoms with Crippen molar-refractivity contribution in [3.05, 3.63) is 0 Å². The summed E-state index contributed by atoms with van der Waals surface area (Å²) >= 11 is 0. The maximum Gasteiger partial charge on any atom is 0.481 e. The first-order valence-corrected chi connectivity index (χ1v) is 43.6. The lowest BCUT2D eigenvalue weighted by molar-refractivity contribution is -0.424. The minimum Gasteiger partial charge on any atom is -0.477 e. The van der Waals surface area contributed by atoms with Crippen LogP contribution < -0.4 is 11.5 Å². The van der Waals surface area contributed by atoms with E-state index in [4.69, 9.17) is 106 Å². The van der Waals surface area contributed by atoms with Crippen molar-refractivity contribution in [3.63, 3.8) is 0 Å². The predicted molar refractivity (Wildman–Crippen MR) is 385 cm³/mol. The highest BCUT2D eigenvalue weighted by atomic mass is 31.3. The molecule has 51 atom stereocenters. The molecule has 0 aromatic heterocycles. The molecule has 9 fully saturated rings. The summed E-state index contributed by atoms with van der Waals surface area (Å²) in [6.07, 6.45) is -119. The van der Waals surface area contributed by atoms with Crippen LogP contribution in [0.15, 0.2) is 0 Å². The van der Waals surface area contributed by atoms with E-state index in [0.29, 0.717) is 0 Å². The zero-order valence-corrected chi connectivity index (χ0v) is 69.0. The van der Waals surface area contributed by atoms with Crippen molar-refractivity contribution in [1.82, 2.24) is 0 Å². The van der Waals surface area contributed by atoms with Crippen molar-refractivity contribution >= 4 is 29.4 Å². The van der Waals surface area contributed by atoms with Crippen molar-refractivity contribution in [2.45, 2.75) is 301 Å². The number of phosphoric ester groups is 3. The molecule has 0 amide bonds. The van der Waals surface area contributed by atoms with Gasteiger partial charge in [0.25, 0.3) is 5.79 Å². The molecule has 9 rings (SSSR count). The minimum atomic E-state index is -6.39. The normalized spacial score (nSPS) is 47.1. The number of carboxylic acid groups (broad SMARTS) is 1. The molecule has 62 nitrogen and oxygen atoms in total. The fraction of sp³-hybridized carbons (Fsp3) is 0.984. The van der Waals surface area contributed by atoms with Gasteiger partial charge in [-0.25, -0.2) is 18.5 Å². The van der Waals surface area contributed by atoms with Crippen LogP contribution in [0.1, 0.15) is 6.42 Å². The number of carboxylic acids is 1. The monoisotopic (exact) mass is 1950 g/mol. The highest BCUT2D eigenvalue weighted by molar-refractivity contribution is 7.61. The van der Waals surface area contributed by atoms with E-state index in [0.717, 1.165) is 0 Å². The molecule has 9 aliphatic rings. The second-order valence-corrected chi connectivity index (χ2v) is 34.9. The molecule has 0 bridgehead atoms. The highest BCUT2D eigenvalue weighted by Gasteiger charge is 2.65. The lowest BCUT2D eigenvalue weighted by Crippen LogP contribution is -2.71. The van der Waals surface area contributed by atoms with Gasteiger partial charge in [0, 0.05) is 19.5 Å². The summed E-state index contributed by atoms with van der Waals surface area (Å²) in [5.74, 6) is -6.23. The molecule has 128 heavy (non-hydrogen) atoms. The summed E-state index contributed by atoms with van der Waals surface area (Å²) in [7, 11) is -17.9. The van der Waals surface area contributed by atoms with Crippen LogP contribution in [-0.2, 0) is 121 Å². The number of aliphatic hydroxyl groups excluding tert-OH is 29. The molecule has 3 unspecified atom stereocenters. The quantitative estimate of drug-likeness (QED) is 0.0252. The molecule has 38 N–H and O–H groups in total. The largest absolute Gasteiger partial charge is 0.481 e. The maximum absolute atomic E-state index is 13.8. The van der Waals surface area contributed by atoms with Gasteiger partial charge in [-0.05, 0) is 0 Å². The number of hydrogen-bond donors (Lipinski definition) is 36. The highest BCUT2D eigenvalue weighted by Crippen LogP contribution is 2.62. The summed E-state index contributed by atoms with van der Waals surface area (Å²) in [6, 6.07) is 0. The topological polar surface area (TPSA) is 1010 Å². The molecular weight excluding hydrogens is 1840 g/mol. The van der Waals surface area contributed by atoms with Crippen molar-refractivity contribution in [3.8, 4) is 0 Å². The van der Waals surface area contributed by atoms with Gasteiger partial charge in [-0.1, -0.05) is 0 Å². The van der Waals surface area contributed by atoms with Crippen LogP contribution in [0.2, 0.25) is 0 Å². The van der Waals surface area contributed by atoms with Crippen LogP contribution in [0.3, 0.4) is 0 Å². The third-order valence-corrected chi connectivity index (χ3v) is 25.5. The Kier molecular flexibility index (Phi) is 40.2. The second kappa shape index (κ2) is 47.0. The standard InChI is InChI=1S/C63H113N2O60P3/c64-1-3-104-126(98,99)124-24(14-74)48-40(93)50(118-58-39(92)33(86)47(23(13-73)110-58)115-57-38(91)32(85)46(22(12-72)109-57)114-56-37(90)31(84)45(21(11-71)108-56)113-54-34(87)27(80)25(78)19(9-69)106-54)53(121-59-36(89)29(82)30(83)42(111-59)15(75)6-66)61(116-48)119-51-41(94)60(112-43(16(76)7-67)52(51)120-55-35(88)28(81)26(79)20(10-70)107-55)117-49-18(123-128(102,103)125-127(100,101)105-4-2-65)5-63(97,62(95)96)122-44(49)17(77)8-68/h15-61,66-94,97H,1-14,64-65H2,(H,95,96)(H,98,99)(H,100,101)(H,102,103)/t15-,16-,17+,18+,19+,20+,21+,22+,23+,24-,25-,26+,27-,28-,29-,30-,31+,32+,33+,34+,35+,36-,37+,38+,39+,40+,41-,42+,43+,44+,45-,46+,47+,48+,49+,50-,51+,52+,53-,54+,55-,56-,57-,58+,59+,60+,61+,63+/m0/s1. The summed E-state index contributed by atoms with van der Waals surface area (Å²) < 4.78 is 163. The first-order chi connectivity index (χ1) is 60.1.